The Kier molecular flexibility index (Phi) is 7.51. The number of nitrogens with one attached hydrogen (secondary N) is 1. The maximum atomic E-state index is 12.8. The minimum absolute atomic E-state index is 0.139. The molecule has 1 aromatic carbocycles. The van der Waals surface area contributed by atoms with Gasteiger partial charge in [0.15, 0.2) is 0 Å². The van der Waals surface area contributed by atoms with Crippen LogP contribution in [0.1, 0.15) is 33.6 Å². The Labute approximate surface area is 135 Å². The number of halogens is 1. The summed E-state index contributed by atoms with van der Waals surface area (Å²) < 4.78 is 18.1. The van der Waals surface area contributed by atoms with E-state index in [1.807, 2.05) is 6.92 Å². The maximum Gasteiger partial charge on any atom is 0.346 e. The van der Waals surface area contributed by atoms with Gasteiger partial charge >= 0.3 is 5.97 Å². The van der Waals surface area contributed by atoms with Crippen molar-refractivity contribution in [3.05, 3.63) is 30.1 Å². The molecule has 23 heavy (non-hydrogen) atoms. The summed E-state index contributed by atoms with van der Waals surface area (Å²) in [6, 6.07) is 5.06. The van der Waals surface area contributed by atoms with Crippen LogP contribution in [0.3, 0.4) is 0 Å². The quantitative estimate of drug-likeness (QED) is 0.732. The highest BCUT2D eigenvalue weighted by Gasteiger charge is 2.22. The van der Waals surface area contributed by atoms with Gasteiger partial charge in [-0.1, -0.05) is 27.2 Å². The number of hydrogen-bond donors (Lipinski definition) is 2. The summed E-state index contributed by atoms with van der Waals surface area (Å²) in [4.78, 5) is 23.2. The van der Waals surface area contributed by atoms with E-state index in [1.165, 1.54) is 24.3 Å². The lowest BCUT2D eigenvalue weighted by atomic mass is 9.90. The van der Waals surface area contributed by atoms with Crippen LogP contribution >= 0.6 is 0 Å². The predicted octanol–water partition coefficient (Wildman–Crippen LogP) is 2.85. The zero-order chi connectivity index (χ0) is 17.4. The van der Waals surface area contributed by atoms with E-state index in [4.69, 9.17) is 9.84 Å². The highest BCUT2D eigenvalue weighted by Crippen LogP contribution is 2.18. The summed E-state index contributed by atoms with van der Waals surface area (Å²) in [7, 11) is 0. The van der Waals surface area contributed by atoms with E-state index in [0.717, 1.165) is 6.42 Å². The summed E-state index contributed by atoms with van der Waals surface area (Å²) in [5.41, 5.74) is 0. The molecular weight excluding hydrogens is 301 g/mol. The number of carboxylic acids is 1. The van der Waals surface area contributed by atoms with E-state index in [-0.39, 0.29) is 24.1 Å². The third kappa shape index (κ3) is 6.67. The minimum atomic E-state index is -1.22. The SMILES string of the molecule is CCC(CC(=O)NCC(Oc1ccc(F)cc1)C(=O)O)C(C)C. The average Bonchev–Trinajstić information content (AvgIpc) is 2.50. The van der Waals surface area contributed by atoms with E-state index in [1.54, 1.807) is 0 Å². The van der Waals surface area contributed by atoms with Crippen LogP contribution in [0.2, 0.25) is 0 Å². The van der Waals surface area contributed by atoms with Crippen LogP contribution in [0, 0.1) is 17.7 Å². The summed E-state index contributed by atoms with van der Waals surface area (Å²) in [5.74, 6) is -0.934. The molecule has 0 aliphatic rings. The minimum Gasteiger partial charge on any atom is -0.478 e. The van der Waals surface area contributed by atoms with Crippen molar-refractivity contribution in [2.45, 2.75) is 39.7 Å². The molecule has 0 spiro atoms. The first-order valence-corrected chi connectivity index (χ1v) is 7.75. The lowest BCUT2D eigenvalue weighted by Gasteiger charge is -2.20. The van der Waals surface area contributed by atoms with Crippen molar-refractivity contribution in [3.63, 3.8) is 0 Å². The molecule has 1 amide bonds. The Morgan fingerprint density at radius 2 is 1.87 bits per heavy atom. The summed E-state index contributed by atoms with van der Waals surface area (Å²) >= 11 is 0. The van der Waals surface area contributed by atoms with Gasteiger partial charge in [-0.25, -0.2) is 9.18 Å². The standard InChI is InChI=1S/C17H24FNO4/c1-4-12(11(2)3)9-16(20)19-10-15(17(21)22)23-14-7-5-13(18)6-8-14/h5-8,11-12,15H,4,9-10H2,1-3H3,(H,19,20)(H,21,22). The van der Waals surface area contributed by atoms with Gasteiger partial charge in [0, 0.05) is 6.42 Å². The highest BCUT2D eigenvalue weighted by atomic mass is 19.1. The monoisotopic (exact) mass is 325 g/mol. The van der Waals surface area contributed by atoms with Crippen molar-refractivity contribution in [2.24, 2.45) is 11.8 Å². The van der Waals surface area contributed by atoms with Crippen molar-refractivity contribution in [1.29, 1.82) is 0 Å². The molecule has 2 unspecified atom stereocenters. The Bertz CT molecular complexity index is 516. The van der Waals surface area contributed by atoms with Gasteiger partial charge < -0.3 is 15.2 Å². The van der Waals surface area contributed by atoms with E-state index in [0.29, 0.717) is 12.3 Å². The van der Waals surface area contributed by atoms with Crippen molar-refractivity contribution < 1.29 is 23.8 Å². The lowest BCUT2D eigenvalue weighted by Crippen LogP contribution is -2.41. The average molecular weight is 325 g/mol. The third-order valence-corrected chi connectivity index (χ3v) is 3.77. The number of benzene rings is 1. The number of amides is 1. The van der Waals surface area contributed by atoms with Gasteiger partial charge in [-0.3, -0.25) is 4.79 Å². The third-order valence-electron chi connectivity index (χ3n) is 3.77. The number of hydrogen-bond acceptors (Lipinski definition) is 3. The fraction of sp³-hybridized carbons (Fsp3) is 0.529. The molecule has 0 bridgehead atoms. The molecule has 128 valence electrons. The second kappa shape index (κ2) is 9.12. The Morgan fingerprint density at radius 3 is 2.35 bits per heavy atom. The van der Waals surface area contributed by atoms with Gasteiger partial charge in [0.2, 0.25) is 12.0 Å². The molecule has 1 rings (SSSR count). The number of aliphatic carboxylic acids is 1. The second-order valence-electron chi connectivity index (χ2n) is 5.82. The Hall–Kier alpha value is -2.11. The van der Waals surface area contributed by atoms with Crippen LogP contribution in [0.4, 0.5) is 4.39 Å². The van der Waals surface area contributed by atoms with E-state index in [2.05, 4.69) is 19.2 Å². The van der Waals surface area contributed by atoms with Crippen molar-refractivity contribution in [2.75, 3.05) is 6.54 Å². The van der Waals surface area contributed by atoms with Crippen LogP contribution in [0.25, 0.3) is 0 Å². The summed E-state index contributed by atoms with van der Waals surface area (Å²) in [5, 5.41) is 11.8. The smallest absolute Gasteiger partial charge is 0.346 e. The number of ether oxygens (including phenoxy) is 1. The maximum absolute atomic E-state index is 12.8. The zero-order valence-corrected chi connectivity index (χ0v) is 13.7. The fourth-order valence-electron chi connectivity index (χ4n) is 2.23. The first kappa shape index (κ1) is 18.9. The van der Waals surface area contributed by atoms with Gasteiger partial charge in [-0.05, 0) is 36.1 Å². The first-order valence-electron chi connectivity index (χ1n) is 7.75. The molecule has 6 heteroatoms. The highest BCUT2D eigenvalue weighted by molar-refractivity contribution is 5.78. The van der Waals surface area contributed by atoms with E-state index < -0.39 is 17.9 Å². The summed E-state index contributed by atoms with van der Waals surface area (Å²) in [6.07, 6.45) is 0.0277. The molecule has 0 saturated heterocycles. The van der Waals surface area contributed by atoms with Gasteiger partial charge in [0.05, 0.1) is 6.54 Å². The molecule has 5 nitrogen and oxygen atoms in total. The van der Waals surface area contributed by atoms with Gasteiger partial charge in [-0.15, -0.1) is 0 Å². The molecule has 0 radical (unpaired) electrons. The lowest BCUT2D eigenvalue weighted by molar-refractivity contribution is -0.145. The van der Waals surface area contributed by atoms with Gasteiger partial charge in [0.1, 0.15) is 11.6 Å². The van der Waals surface area contributed by atoms with Crippen molar-refractivity contribution in [3.8, 4) is 5.75 Å². The molecule has 2 atom stereocenters. The van der Waals surface area contributed by atoms with E-state index >= 15 is 0 Å². The van der Waals surface area contributed by atoms with Crippen molar-refractivity contribution >= 4 is 11.9 Å². The number of carbonyl (C=O) groups is 2. The van der Waals surface area contributed by atoms with Crippen LogP contribution in [0.5, 0.6) is 5.75 Å². The van der Waals surface area contributed by atoms with Crippen LogP contribution < -0.4 is 10.1 Å². The van der Waals surface area contributed by atoms with Crippen LogP contribution in [-0.2, 0) is 9.59 Å². The Balaban J connectivity index is 2.54. The molecule has 0 saturated carbocycles. The topological polar surface area (TPSA) is 75.6 Å². The molecule has 0 fully saturated rings. The molecule has 0 aromatic heterocycles. The number of rotatable bonds is 9. The fourth-order valence-corrected chi connectivity index (χ4v) is 2.23. The second-order valence-corrected chi connectivity index (χ2v) is 5.82. The predicted molar refractivity (Wildman–Crippen MR) is 84.7 cm³/mol. The number of carbonyl (C=O) groups excluding carboxylic acids is 1. The molecule has 1 aromatic rings. The molecule has 0 heterocycles. The Morgan fingerprint density at radius 1 is 1.26 bits per heavy atom. The zero-order valence-electron chi connectivity index (χ0n) is 13.7. The van der Waals surface area contributed by atoms with Crippen LogP contribution in [0.15, 0.2) is 24.3 Å². The number of carboxylic acid groups (broad SMARTS) is 1. The first-order chi connectivity index (χ1) is 10.8. The molecule has 0 aliphatic heterocycles. The van der Waals surface area contributed by atoms with Crippen molar-refractivity contribution in [1.82, 2.24) is 5.32 Å². The molecule has 2 N–H and O–H groups in total. The molecule has 0 aliphatic carbocycles. The van der Waals surface area contributed by atoms with Gasteiger partial charge in [0.25, 0.3) is 0 Å². The summed E-state index contributed by atoms with van der Waals surface area (Å²) in [6.45, 7) is 5.99. The normalized spacial score (nSPS) is 13.4. The van der Waals surface area contributed by atoms with Crippen LogP contribution in [-0.4, -0.2) is 29.6 Å². The largest absolute Gasteiger partial charge is 0.478 e. The molecular formula is C17H24FNO4. The van der Waals surface area contributed by atoms with E-state index in [9.17, 15) is 14.0 Å². The van der Waals surface area contributed by atoms with Gasteiger partial charge in [-0.2, -0.15) is 0 Å².